The van der Waals surface area contributed by atoms with Crippen molar-refractivity contribution < 1.29 is 4.57 Å². The van der Waals surface area contributed by atoms with Gasteiger partial charge in [-0.3, -0.25) is 0 Å². The van der Waals surface area contributed by atoms with Crippen LogP contribution >= 0.6 is 0 Å². The normalized spacial score (nSPS) is 12.6. The van der Waals surface area contributed by atoms with E-state index in [1.54, 1.807) is 4.40 Å². The summed E-state index contributed by atoms with van der Waals surface area (Å²) in [6.45, 7) is 11.4. The van der Waals surface area contributed by atoms with Crippen LogP contribution in [0.3, 0.4) is 0 Å². The van der Waals surface area contributed by atoms with Crippen LogP contribution in [-0.4, -0.2) is 13.3 Å². The fraction of sp³-hybridized carbons (Fsp3) is 0.476. The molecule has 0 spiro atoms. The molecule has 2 rings (SSSR count). The van der Waals surface area contributed by atoms with Gasteiger partial charge in [-0.25, -0.2) is 0 Å². The van der Waals surface area contributed by atoms with Crippen molar-refractivity contribution in [2.75, 3.05) is 0 Å². The van der Waals surface area contributed by atoms with E-state index >= 15 is 0 Å². The van der Waals surface area contributed by atoms with Gasteiger partial charge in [0.05, 0.1) is 0 Å². The zero-order valence-electron chi connectivity index (χ0n) is 16.3. The Labute approximate surface area is 145 Å². The molecule has 1 aromatic carbocycles. The third-order valence-corrected chi connectivity index (χ3v) is 8.82. The van der Waals surface area contributed by atoms with Crippen molar-refractivity contribution in [3.63, 3.8) is 0 Å². The van der Waals surface area contributed by atoms with E-state index in [4.69, 9.17) is 0 Å². The Morgan fingerprint density at radius 2 is 1.57 bits per heavy atom. The minimum absolute atomic E-state index is 0.186. The molecule has 0 saturated heterocycles. The van der Waals surface area contributed by atoms with Crippen LogP contribution in [0.5, 0.6) is 0 Å². The number of aromatic nitrogens is 1. The van der Waals surface area contributed by atoms with E-state index in [9.17, 15) is 0 Å². The van der Waals surface area contributed by atoms with Crippen molar-refractivity contribution in [3.05, 3.63) is 47.2 Å². The molecule has 124 valence electrons. The van der Waals surface area contributed by atoms with Gasteiger partial charge in [0.15, 0.2) is 0 Å². The van der Waals surface area contributed by atoms with Gasteiger partial charge in [0.25, 0.3) is 0 Å². The van der Waals surface area contributed by atoms with Crippen LogP contribution in [0.15, 0.2) is 30.5 Å². The average Bonchev–Trinajstić information content (AvgIpc) is 2.39. The molecule has 0 saturated carbocycles. The molecule has 0 bridgehead atoms. The van der Waals surface area contributed by atoms with Crippen LogP contribution in [0.4, 0.5) is 0 Å². The zero-order valence-corrected chi connectivity index (χ0v) is 18.4. The van der Waals surface area contributed by atoms with E-state index in [1.165, 1.54) is 27.9 Å². The van der Waals surface area contributed by atoms with Gasteiger partial charge in [-0.15, -0.1) is 0 Å². The summed E-state index contributed by atoms with van der Waals surface area (Å²) >= 11 is -1.96. The van der Waals surface area contributed by atoms with Gasteiger partial charge in [0.1, 0.15) is 0 Å². The van der Waals surface area contributed by atoms with Gasteiger partial charge >= 0.3 is 145 Å². The Morgan fingerprint density at radius 1 is 0.957 bits per heavy atom. The van der Waals surface area contributed by atoms with E-state index in [-0.39, 0.29) is 5.41 Å². The second-order valence-corrected chi connectivity index (χ2v) is 19.5. The standard InChI is InChI=1S/C21H32GeN/c1-15-10-11-16(2)17(12-15)20-13-19(22(6,7)8)18(14-23(20)9)21(3,4)5/h10-14H,1-9H3/q+1. The van der Waals surface area contributed by atoms with Gasteiger partial charge < -0.3 is 0 Å². The minimum atomic E-state index is -1.96. The van der Waals surface area contributed by atoms with Crippen molar-refractivity contribution in [3.8, 4) is 11.3 Å². The molecule has 0 radical (unpaired) electrons. The Morgan fingerprint density at radius 3 is 2.09 bits per heavy atom. The summed E-state index contributed by atoms with van der Waals surface area (Å²) in [7, 11) is 2.19. The molecular formula is C21H32GeN+. The summed E-state index contributed by atoms with van der Waals surface area (Å²) in [5.41, 5.74) is 7.08. The third-order valence-electron chi connectivity index (χ3n) is 4.56. The topological polar surface area (TPSA) is 3.88 Å². The number of benzene rings is 1. The maximum absolute atomic E-state index is 2.50. The summed E-state index contributed by atoms with van der Waals surface area (Å²) in [6.07, 6.45) is 2.38. The maximum atomic E-state index is 2.50. The summed E-state index contributed by atoms with van der Waals surface area (Å²) in [5, 5.41) is 0. The number of hydrogen-bond donors (Lipinski definition) is 0. The molecule has 23 heavy (non-hydrogen) atoms. The first-order valence-corrected chi connectivity index (χ1v) is 15.9. The molecule has 0 aliphatic carbocycles. The van der Waals surface area contributed by atoms with Gasteiger partial charge in [-0.2, -0.15) is 0 Å². The van der Waals surface area contributed by atoms with Gasteiger partial charge in [0.2, 0.25) is 0 Å². The number of nitrogens with zero attached hydrogens (tertiary/aromatic N) is 1. The van der Waals surface area contributed by atoms with Crippen LogP contribution in [0.25, 0.3) is 11.3 Å². The van der Waals surface area contributed by atoms with Crippen molar-refractivity contribution in [2.45, 2.75) is 57.3 Å². The van der Waals surface area contributed by atoms with Crippen LogP contribution in [0, 0.1) is 13.8 Å². The van der Waals surface area contributed by atoms with Crippen LogP contribution in [-0.2, 0) is 12.5 Å². The fourth-order valence-electron chi connectivity index (χ4n) is 3.15. The Kier molecular flexibility index (Phi) is 4.83. The molecule has 0 aliphatic rings. The molecule has 0 atom stereocenters. The molecule has 1 aromatic heterocycles. The molecule has 0 fully saturated rings. The van der Waals surface area contributed by atoms with Crippen molar-refractivity contribution >= 4 is 17.7 Å². The summed E-state index contributed by atoms with van der Waals surface area (Å²) in [6, 6.07) is 9.24. The Hall–Kier alpha value is -1.09. The monoisotopic (exact) mass is 372 g/mol. The van der Waals surface area contributed by atoms with Crippen LogP contribution in [0.2, 0.25) is 17.3 Å². The van der Waals surface area contributed by atoms with Crippen molar-refractivity contribution in [1.82, 2.24) is 0 Å². The number of hydrogen-bond acceptors (Lipinski definition) is 0. The molecule has 1 heterocycles. The Balaban J connectivity index is 2.80. The van der Waals surface area contributed by atoms with Gasteiger partial charge in [-0.1, -0.05) is 0 Å². The molecule has 1 nitrogen and oxygen atoms in total. The summed E-state index contributed by atoms with van der Waals surface area (Å²) < 4.78 is 3.95. The van der Waals surface area contributed by atoms with Crippen LogP contribution in [0.1, 0.15) is 37.5 Å². The van der Waals surface area contributed by atoms with Crippen LogP contribution < -0.4 is 8.96 Å². The molecule has 0 amide bonds. The first-order chi connectivity index (χ1) is 10.4. The zero-order chi connectivity index (χ0) is 17.6. The first kappa shape index (κ1) is 18.3. The fourth-order valence-corrected chi connectivity index (χ4v) is 6.96. The summed E-state index contributed by atoms with van der Waals surface area (Å²) in [5.74, 6) is 7.49. The number of aryl methyl sites for hydroxylation is 3. The first-order valence-electron chi connectivity index (χ1n) is 8.53. The molecule has 0 aliphatic heterocycles. The SMILES string of the molecule is Cc1ccc(C)c(-c2c[c]([Ge]([CH3])([CH3])[CH3])c(C(C)(C)C)c[n+]2C)c1. The number of pyridine rings is 1. The molecule has 0 N–H and O–H groups in total. The second kappa shape index (κ2) is 6.09. The van der Waals surface area contributed by atoms with E-state index in [0.717, 1.165) is 0 Å². The van der Waals surface area contributed by atoms with Gasteiger partial charge in [-0.05, 0) is 0 Å². The van der Waals surface area contributed by atoms with E-state index < -0.39 is 13.3 Å². The summed E-state index contributed by atoms with van der Waals surface area (Å²) in [4.78, 5) is 0. The van der Waals surface area contributed by atoms with E-state index in [0.29, 0.717) is 0 Å². The predicted molar refractivity (Wildman–Crippen MR) is 104 cm³/mol. The molecule has 0 unspecified atom stereocenters. The molecular weight excluding hydrogens is 339 g/mol. The van der Waals surface area contributed by atoms with Crippen molar-refractivity contribution in [1.29, 1.82) is 0 Å². The van der Waals surface area contributed by atoms with Gasteiger partial charge in [0, 0.05) is 0 Å². The average molecular weight is 371 g/mol. The molecule has 2 heteroatoms. The van der Waals surface area contributed by atoms with E-state index in [1.807, 2.05) is 0 Å². The van der Waals surface area contributed by atoms with E-state index in [2.05, 4.69) is 94.0 Å². The Bertz CT molecular complexity index is 731. The third kappa shape index (κ3) is 3.88. The predicted octanol–water partition coefficient (Wildman–Crippen LogP) is 4.64. The van der Waals surface area contributed by atoms with Crippen molar-refractivity contribution in [2.24, 2.45) is 7.05 Å². The quantitative estimate of drug-likeness (QED) is 0.535. The second-order valence-electron chi connectivity index (χ2n) is 8.92. The molecule has 2 aromatic rings. The number of rotatable bonds is 2.